The van der Waals surface area contributed by atoms with Gasteiger partial charge in [-0.1, -0.05) is 49.2 Å². The Morgan fingerprint density at radius 3 is 2.77 bits per heavy atom. The Morgan fingerprint density at radius 2 is 1.96 bits per heavy atom. The lowest BCUT2D eigenvalue weighted by molar-refractivity contribution is -0.120. The summed E-state index contributed by atoms with van der Waals surface area (Å²) in [4.78, 5) is 19.0. The Balaban J connectivity index is 1.57. The summed E-state index contributed by atoms with van der Waals surface area (Å²) in [7, 11) is 1.67. The molecule has 5 nitrogen and oxygen atoms in total. The molecule has 0 saturated heterocycles. The van der Waals surface area contributed by atoms with Gasteiger partial charge in [0, 0.05) is 19.0 Å². The van der Waals surface area contributed by atoms with Gasteiger partial charge in [0.15, 0.2) is 0 Å². The largest absolute Gasteiger partial charge is 0.359 e. The fourth-order valence-electron chi connectivity index (χ4n) is 3.12. The van der Waals surface area contributed by atoms with E-state index in [2.05, 4.69) is 45.6 Å². The number of hydrogen-bond donors (Lipinski definition) is 3. The lowest BCUT2D eigenvalue weighted by atomic mass is 10.1. The van der Waals surface area contributed by atoms with Crippen molar-refractivity contribution in [1.82, 2.24) is 15.3 Å². The number of imidazole rings is 1. The first-order valence-corrected chi connectivity index (χ1v) is 9.17. The Bertz CT molecular complexity index is 871. The van der Waals surface area contributed by atoms with Crippen LogP contribution in [0.2, 0.25) is 0 Å². The Kier molecular flexibility index (Phi) is 6.02. The number of aromatic amines is 1. The van der Waals surface area contributed by atoms with Crippen LogP contribution in [0.3, 0.4) is 0 Å². The number of benzene rings is 2. The van der Waals surface area contributed by atoms with Crippen molar-refractivity contribution in [3.63, 3.8) is 0 Å². The maximum absolute atomic E-state index is 11.2. The van der Waals surface area contributed by atoms with Crippen molar-refractivity contribution < 1.29 is 4.79 Å². The van der Waals surface area contributed by atoms with E-state index in [9.17, 15) is 4.79 Å². The molecule has 0 aliphatic rings. The van der Waals surface area contributed by atoms with Crippen molar-refractivity contribution in [3.8, 4) is 11.3 Å². The molecule has 1 heterocycles. The molecule has 0 spiro atoms. The Morgan fingerprint density at radius 1 is 1.15 bits per heavy atom. The summed E-state index contributed by atoms with van der Waals surface area (Å²) >= 11 is 0. The number of fused-ring (bicyclic) bond motifs is 1. The molecule has 0 aliphatic carbocycles. The molecule has 1 atom stereocenters. The molecule has 4 N–H and O–H groups in total. The standard InChI is InChI=1S/C21H26N4O/c1-23-20(26)10-4-2-3-9-18(22)21-24-14-19(25-21)17-12-11-15-7-5-6-8-16(15)13-17/h5-8,11-14,18H,2-4,9-10,22H2,1H3,(H,23,26)(H,24,25)/t18-/m0/s1. The van der Waals surface area contributed by atoms with E-state index < -0.39 is 0 Å². The van der Waals surface area contributed by atoms with Gasteiger partial charge >= 0.3 is 0 Å². The topological polar surface area (TPSA) is 83.8 Å². The van der Waals surface area contributed by atoms with Crippen LogP contribution >= 0.6 is 0 Å². The third-order valence-electron chi connectivity index (χ3n) is 4.70. The molecule has 0 unspecified atom stereocenters. The van der Waals surface area contributed by atoms with Crippen LogP contribution in [0.5, 0.6) is 0 Å². The molecule has 136 valence electrons. The highest BCUT2D eigenvalue weighted by Gasteiger charge is 2.11. The van der Waals surface area contributed by atoms with Crippen molar-refractivity contribution >= 4 is 16.7 Å². The normalized spacial score (nSPS) is 12.2. The number of nitrogens with one attached hydrogen (secondary N) is 2. The van der Waals surface area contributed by atoms with Gasteiger partial charge in [0.05, 0.1) is 17.9 Å². The molecule has 0 radical (unpaired) electrons. The van der Waals surface area contributed by atoms with Gasteiger partial charge in [-0.05, 0) is 29.7 Å². The molecule has 0 aliphatic heterocycles. The number of unbranched alkanes of at least 4 members (excludes halogenated alkanes) is 2. The van der Waals surface area contributed by atoms with Crippen molar-refractivity contribution in [1.29, 1.82) is 0 Å². The lowest BCUT2D eigenvalue weighted by Gasteiger charge is -2.08. The number of nitrogens with two attached hydrogens (primary N) is 1. The number of hydrogen-bond acceptors (Lipinski definition) is 3. The first kappa shape index (κ1) is 18.1. The number of nitrogens with zero attached hydrogens (tertiary/aromatic N) is 1. The zero-order valence-electron chi connectivity index (χ0n) is 15.2. The van der Waals surface area contributed by atoms with Crippen LogP contribution in [0, 0.1) is 0 Å². The molecule has 1 aromatic heterocycles. The fourth-order valence-corrected chi connectivity index (χ4v) is 3.12. The highest BCUT2D eigenvalue weighted by molar-refractivity contribution is 5.86. The minimum absolute atomic E-state index is 0.0976. The van der Waals surface area contributed by atoms with Crippen LogP contribution in [0.25, 0.3) is 22.0 Å². The van der Waals surface area contributed by atoms with Crippen LogP contribution in [0.15, 0.2) is 48.7 Å². The zero-order chi connectivity index (χ0) is 18.4. The lowest BCUT2D eigenvalue weighted by Crippen LogP contribution is -2.17. The number of aromatic nitrogens is 2. The van der Waals surface area contributed by atoms with Crippen LogP contribution in [0.1, 0.15) is 44.0 Å². The van der Waals surface area contributed by atoms with Gasteiger partial charge in [-0.2, -0.15) is 0 Å². The first-order chi connectivity index (χ1) is 12.7. The molecule has 0 saturated carbocycles. The zero-order valence-corrected chi connectivity index (χ0v) is 15.2. The summed E-state index contributed by atoms with van der Waals surface area (Å²) in [5.74, 6) is 0.916. The van der Waals surface area contributed by atoms with Crippen LogP contribution in [0.4, 0.5) is 0 Å². The minimum atomic E-state index is -0.107. The number of amides is 1. The molecule has 3 rings (SSSR count). The molecular weight excluding hydrogens is 324 g/mol. The van der Waals surface area contributed by atoms with Gasteiger partial charge in [-0.3, -0.25) is 4.79 Å². The molecule has 1 amide bonds. The van der Waals surface area contributed by atoms with E-state index >= 15 is 0 Å². The van der Waals surface area contributed by atoms with Crippen molar-refractivity contribution in [2.75, 3.05) is 7.05 Å². The summed E-state index contributed by atoms with van der Waals surface area (Å²) in [5.41, 5.74) is 8.37. The van der Waals surface area contributed by atoms with Crippen molar-refractivity contribution in [3.05, 3.63) is 54.5 Å². The van der Waals surface area contributed by atoms with E-state index in [-0.39, 0.29) is 11.9 Å². The highest BCUT2D eigenvalue weighted by Crippen LogP contribution is 2.24. The fraction of sp³-hybridized carbons (Fsp3) is 0.333. The predicted octanol–water partition coefficient (Wildman–Crippen LogP) is 3.93. The summed E-state index contributed by atoms with van der Waals surface area (Å²) in [5, 5.41) is 5.08. The van der Waals surface area contributed by atoms with Crippen LogP contribution in [-0.2, 0) is 4.79 Å². The number of rotatable bonds is 8. The van der Waals surface area contributed by atoms with Gasteiger partial charge in [0.2, 0.25) is 5.91 Å². The third kappa shape index (κ3) is 4.49. The summed E-state index contributed by atoms with van der Waals surface area (Å²) in [6, 6.07) is 14.6. The second kappa shape index (κ2) is 8.63. The second-order valence-corrected chi connectivity index (χ2v) is 6.62. The average molecular weight is 350 g/mol. The van der Waals surface area contributed by atoms with Crippen molar-refractivity contribution in [2.24, 2.45) is 5.73 Å². The van der Waals surface area contributed by atoms with Gasteiger partial charge in [0.1, 0.15) is 5.82 Å². The SMILES string of the molecule is CNC(=O)CCCCC[C@H](N)c1ncc(-c2ccc3ccccc3c2)[nH]1. The number of carbonyl (C=O) groups is 1. The van der Waals surface area contributed by atoms with Gasteiger partial charge < -0.3 is 16.0 Å². The Labute approximate surface area is 154 Å². The molecule has 26 heavy (non-hydrogen) atoms. The molecule has 0 bridgehead atoms. The molecule has 0 fully saturated rings. The quantitative estimate of drug-likeness (QED) is 0.538. The highest BCUT2D eigenvalue weighted by atomic mass is 16.1. The maximum Gasteiger partial charge on any atom is 0.219 e. The molecule has 5 heteroatoms. The number of H-pyrrole nitrogens is 1. The average Bonchev–Trinajstić information content (AvgIpc) is 3.17. The van der Waals surface area contributed by atoms with Gasteiger partial charge in [0.25, 0.3) is 0 Å². The van der Waals surface area contributed by atoms with Gasteiger partial charge in [-0.25, -0.2) is 4.98 Å². The van der Waals surface area contributed by atoms with E-state index in [4.69, 9.17) is 5.73 Å². The van der Waals surface area contributed by atoms with E-state index in [0.717, 1.165) is 42.8 Å². The predicted molar refractivity (Wildman–Crippen MR) is 106 cm³/mol. The van der Waals surface area contributed by atoms with E-state index in [1.165, 1.54) is 10.8 Å². The van der Waals surface area contributed by atoms with Crippen LogP contribution < -0.4 is 11.1 Å². The van der Waals surface area contributed by atoms with Crippen molar-refractivity contribution in [2.45, 2.75) is 38.1 Å². The van der Waals surface area contributed by atoms with Crippen LogP contribution in [-0.4, -0.2) is 22.9 Å². The smallest absolute Gasteiger partial charge is 0.219 e. The summed E-state index contributed by atoms with van der Waals surface area (Å²) in [6.45, 7) is 0. The Hall–Kier alpha value is -2.66. The van der Waals surface area contributed by atoms with Gasteiger partial charge in [-0.15, -0.1) is 0 Å². The molecular formula is C21H26N4O. The molecule has 3 aromatic rings. The summed E-state index contributed by atoms with van der Waals surface area (Å²) in [6.07, 6.45) is 6.18. The maximum atomic E-state index is 11.2. The van der Waals surface area contributed by atoms with E-state index in [0.29, 0.717) is 6.42 Å². The molecule has 2 aromatic carbocycles. The van der Waals surface area contributed by atoms with E-state index in [1.54, 1.807) is 7.05 Å². The second-order valence-electron chi connectivity index (χ2n) is 6.62. The summed E-state index contributed by atoms with van der Waals surface area (Å²) < 4.78 is 0. The monoisotopic (exact) mass is 350 g/mol. The minimum Gasteiger partial charge on any atom is -0.359 e. The number of carbonyl (C=O) groups excluding carboxylic acids is 1. The first-order valence-electron chi connectivity index (χ1n) is 9.17. The third-order valence-corrected chi connectivity index (χ3v) is 4.70. The van der Waals surface area contributed by atoms with E-state index in [1.807, 2.05) is 18.3 Å².